The number of hydrogen-bond acceptors (Lipinski definition) is 5. The second kappa shape index (κ2) is 7.57. The number of oxime groups is 1. The third-order valence-electron chi connectivity index (χ3n) is 3.46. The first-order chi connectivity index (χ1) is 11.2. The number of alkyl halides is 1. The molecule has 1 atom stereocenters. The van der Waals surface area contributed by atoms with E-state index in [1.807, 2.05) is 24.7 Å². The Morgan fingerprint density at radius 3 is 2.87 bits per heavy atom. The van der Waals surface area contributed by atoms with E-state index in [2.05, 4.69) is 57.1 Å². The highest BCUT2D eigenvalue weighted by molar-refractivity contribution is 14.1. The molecule has 5 nitrogen and oxygen atoms in total. The standard InChI is InChI=1S/C16H18IN3O2S/c1-11-14(15-19-21-9-13(8-17)22-15)16(20(2)18-11)23-10-12-6-4-3-5-7-12/h3-7,13H,8-10H2,1-2H3. The summed E-state index contributed by atoms with van der Waals surface area (Å²) in [5, 5.41) is 9.68. The lowest BCUT2D eigenvalue weighted by molar-refractivity contribution is 0.0228. The van der Waals surface area contributed by atoms with Crippen molar-refractivity contribution in [2.45, 2.75) is 23.8 Å². The normalized spacial score (nSPS) is 17.3. The van der Waals surface area contributed by atoms with Crippen LogP contribution in [-0.2, 0) is 22.4 Å². The molecule has 0 amide bonds. The Morgan fingerprint density at radius 1 is 1.35 bits per heavy atom. The fourth-order valence-corrected chi connectivity index (χ4v) is 3.88. The molecule has 0 bridgehead atoms. The van der Waals surface area contributed by atoms with Crippen LogP contribution in [0.5, 0.6) is 0 Å². The molecule has 122 valence electrons. The van der Waals surface area contributed by atoms with Crippen molar-refractivity contribution in [1.82, 2.24) is 9.78 Å². The first kappa shape index (κ1) is 16.6. The number of benzene rings is 1. The minimum Gasteiger partial charge on any atom is -0.467 e. The third kappa shape index (κ3) is 3.82. The number of rotatable bonds is 5. The van der Waals surface area contributed by atoms with E-state index in [-0.39, 0.29) is 6.10 Å². The van der Waals surface area contributed by atoms with Gasteiger partial charge in [0, 0.05) is 17.2 Å². The molecule has 1 aliphatic heterocycles. The molecule has 0 spiro atoms. The molecule has 7 heteroatoms. The predicted molar refractivity (Wildman–Crippen MR) is 100 cm³/mol. The van der Waals surface area contributed by atoms with Gasteiger partial charge >= 0.3 is 0 Å². The van der Waals surface area contributed by atoms with Crippen LogP contribution in [0.15, 0.2) is 40.5 Å². The van der Waals surface area contributed by atoms with Crippen molar-refractivity contribution in [3.05, 3.63) is 47.2 Å². The summed E-state index contributed by atoms with van der Waals surface area (Å²) in [6.07, 6.45) is 0.0367. The van der Waals surface area contributed by atoms with Crippen molar-refractivity contribution >= 4 is 40.3 Å². The van der Waals surface area contributed by atoms with Gasteiger partial charge < -0.3 is 9.57 Å². The first-order valence-corrected chi connectivity index (χ1v) is 9.83. The summed E-state index contributed by atoms with van der Waals surface area (Å²) in [5.74, 6) is 1.41. The summed E-state index contributed by atoms with van der Waals surface area (Å²) >= 11 is 4.03. The maximum atomic E-state index is 5.96. The van der Waals surface area contributed by atoms with Gasteiger partial charge in [-0.25, -0.2) is 0 Å². The van der Waals surface area contributed by atoms with Gasteiger partial charge in [-0.05, 0) is 17.6 Å². The molecule has 0 saturated heterocycles. The van der Waals surface area contributed by atoms with Gasteiger partial charge in [-0.2, -0.15) is 5.10 Å². The van der Waals surface area contributed by atoms with Crippen LogP contribution in [0.3, 0.4) is 0 Å². The number of aromatic nitrogens is 2. The summed E-state index contributed by atoms with van der Waals surface area (Å²) in [4.78, 5) is 5.33. The number of thioether (sulfide) groups is 1. The molecular weight excluding hydrogens is 425 g/mol. The van der Waals surface area contributed by atoms with Gasteiger partial charge in [0.25, 0.3) is 5.90 Å². The van der Waals surface area contributed by atoms with Crippen LogP contribution in [0.2, 0.25) is 0 Å². The Labute approximate surface area is 153 Å². The summed E-state index contributed by atoms with van der Waals surface area (Å²) in [6.45, 7) is 2.47. The minimum atomic E-state index is 0.0367. The van der Waals surface area contributed by atoms with Crippen molar-refractivity contribution in [2.75, 3.05) is 11.0 Å². The van der Waals surface area contributed by atoms with E-state index in [1.165, 1.54) is 5.56 Å². The fraction of sp³-hybridized carbons (Fsp3) is 0.375. The van der Waals surface area contributed by atoms with Crippen LogP contribution >= 0.6 is 34.4 Å². The van der Waals surface area contributed by atoms with E-state index in [0.29, 0.717) is 12.5 Å². The Balaban J connectivity index is 1.84. The summed E-state index contributed by atoms with van der Waals surface area (Å²) in [5.41, 5.74) is 3.11. The molecule has 0 radical (unpaired) electrons. The minimum absolute atomic E-state index is 0.0367. The molecule has 1 unspecified atom stereocenters. The largest absolute Gasteiger partial charge is 0.467 e. The van der Waals surface area contributed by atoms with E-state index in [1.54, 1.807) is 11.8 Å². The van der Waals surface area contributed by atoms with Gasteiger partial charge in [0.2, 0.25) is 0 Å². The van der Waals surface area contributed by atoms with E-state index < -0.39 is 0 Å². The highest BCUT2D eigenvalue weighted by Crippen LogP contribution is 2.30. The van der Waals surface area contributed by atoms with Crippen molar-refractivity contribution in [3.8, 4) is 0 Å². The molecule has 0 saturated carbocycles. The Bertz CT molecular complexity index is 703. The second-order valence-corrected chi connectivity index (χ2v) is 7.09. The Hall–Kier alpha value is -1.22. The Kier molecular flexibility index (Phi) is 5.47. The second-order valence-electron chi connectivity index (χ2n) is 5.25. The molecule has 23 heavy (non-hydrogen) atoms. The number of aryl methyl sites for hydroxylation is 2. The smallest absolute Gasteiger partial charge is 0.262 e. The monoisotopic (exact) mass is 443 g/mol. The highest BCUT2D eigenvalue weighted by atomic mass is 127. The van der Waals surface area contributed by atoms with Crippen LogP contribution in [0, 0.1) is 6.92 Å². The van der Waals surface area contributed by atoms with Gasteiger partial charge in [0.05, 0.1) is 11.3 Å². The SMILES string of the molecule is Cc1nn(C)c(SCc2ccccc2)c1C1=NOCC(CI)O1. The zero-order chi connectivity index (χ0) is 16.2. The predicted octanol–water partition coefficient (Wildman–Crippen LogP) is 3.53. The average molecular weight is 443 g/mol. The van der Waals surface area contributed by atoms with Crippen LogP contribution in [0.25, 0.3) is 0 Å². The lowest BCUT2D eigenvalue weighted by Gasteiger charge is -2.21. The molecule has 2 aromatic rings. The molecule has 3 rings (SSSR count). The molecule has 1 aromatic heterocycles. The average Bonchev–Trinajstić information content (AvgIpc) is 2.87. The first-order valence-electron chi connectivity index (χ1n) is 7.32. The van der Waals surface area contributed by atoms with Crippen molar-refractivity contribution in [1.29, 1.82) is 0 Å². The van der Waals surface area contributed by atoms with E-state index >= 15 is 0 Å². The van der Waals surface area contributed by atoms with Gasteiger partial charge in [-0.3, -0.25) is 4.68 Å². The van der Waals surface area contributed by atoms with Crippen LogP contribution in [0.1, 0.15) is 16.8 Å². The zero-order valence-electron chi connectivity index (χ0n) is 13.0. The van der Waals surface area contributed by atoms with Gasteiger partial charge in [0.15, 0.2) is 6.61 Å². The molecule has 0 aliphatic carbocycles. The number of halogens is 1. The van der Waals surface area contributed by atoms with Crippen LogP contribution in [-0.4, -0.2) is 32.8 Å². The van der Waals surface area contributed by atoms with Crippen molar-refractivity contribution < 1.29 is 9.57 Å². The highest BCUT2D eigenvalue weighted by Gasteiger charge is 2.26. The molecule has 2 heterocycles. The summed E-state index contributed by atoms with van der Waals surface area (Å²) in [6, 6.07) is 10.4. The van der Waals surface area contributed by atoms with E-state index in [0.717, 1.165) is 26.5 Å². The molecule has 1 aromatic carbocycles. The lowest BCUT2D eigenvalue weighted by Crippen LogP contribution is -2.29. The number of nitrogens with zero attached hydrogens (tertiary/aromatic N) is 3. The van der Waals surface area contributed by atoms with Gasteiger partial charge in [-0.15, -0.1) is 11.8 Å². The van der Waals surface area contributed by atoms with E-state index in [4.69, 9.17) is 9.57 Å². The fourth-order valence-electron chi connectivity index (χ4n) is 2.35. The lowest BCUT2D eigenvalue weighted by atomic mass is 10.2. The molecule has 0 N–H and O–H groups in total. The summed E-state index contributed by atoms with van der Waals surface area (Å²) < 4.78 is 8.71. The van der Waals surface area contributed by atoms with E-state index in [9.17, 15) is 0 Å². The topological polar surface area (TPSA) is 48.6 Å². The molecule has 0 fully saturated rings. The van der Waals surface area contributed by atoms with Crippen molar-refractivity contribution in [3.63, 3.8) is 0 Å². The maximum Gasteiger partial charge on any atom is 0.262 e. The Morgan fingerprint density at radius 2 is 2.13 bits per heavy atom. The summed E-state index contributed by atoms with van der Waals surface area (Å²) in [7, 11) is 1.95. The number of ether oxygens (including phenoxy) is 1. The van der Waals surface area contributed by atoms with Crippen LogP contribution in [0.4, 0.5) is 0 Å². The van der Waals surface area contributed by atoms with Gasteiger partial charge in [-0.1, -0.05) is 52.9 Å². The number of hydrogen-bond donors (Lipinski definition) is 0. The maximum absolute atomic E-state index is 5.96. The molecule has 1 aliphatic rings. The third-order valence-corrected chi connectivity index (χ3v) is 5.66. The molecular formula is C16H18IN3O2S. The van der Waals surface area contributed by atoms with Crippen LogP contribution < -0.4 is 0 Å². The van der Waals surface area contributed by atoms with Crippen molar-refractivity contribution in [2.24, 2.45) is 12.2 Å². The quantitative estimate of drug-likeness (QED) is 0.403. The zero-order valence-corrected chi connectivity index (χ0v) is 16.0. The van der Waals surface area contributed by atoms with Gasteiger partial charge in [0.1, 0.15) is 11.1 Å².